The van der Waals surface area contributed by atoms with Gasteiger partial charge in [-0.15, -0.1) is 0 Å². The van der Waals surface area contributed by atoms with E-state index in [0.717, 1.165) is 32.9 Å². The maximum Gasteiger partial charge on any atom is 0.253 e. The van der Waals surface area contributed by atoms with E-state index in [1.165, 1.54) is 0 Å². The lowest BCUT2D eigenvalue weighted by Gasteiger charge is -2.54. The van der Waals surface area contributed by atoms with Gasteiger partial charge in [-0.05, 0) is 18.2 Å². The SMILES string of the molecule is C=CC(=O)N1C(OCC[O])N(C(=O)C=C)C2OOCCOC1N2C(=O)C=C. The highest BCUT2D eigenvalue weighted by Crippen LogP contribution is 2.31. The molecular formula is C16H20N3O8. The number of nitrogens with zero attached hydrogens (tertiary/aromatic N) is 3. The summed E-state index contributed by atoms with van der Waals surface area (Å²) in [6, 6.07) is 0. The minimum Gasteiger partial charge on any atom is -0.337 e. The molecule has 0 saturated carbocycles. The summed E-state index contributed by atoms with van der Waals surface area (Å²) in [5.41, 5.74) is 0. The maximum absolute atomic E-state index is 12.5. The lowest BCUT2D eigenvalue weighted by molar-refractivity contribution is -0.443. The Morgan fingerprint density at radius 3 is 2.04 bits per heavy atom. The number of carbonyl (C=O) groups excluding carboxylic acids is 3. The molecule has 0 aromatic heterocycles. The molecule has 2 saturated heterocycles. The summed E-state index contributed by atoms with van der Waals surface area (Å²) >= 11 is 0. The molecule has 27 heavy (non-hydrogen) atoms. The van der Waals surface area contributed by atoms with Crippen LogP contribution in [0.5, 0.6) is 0 Å². The second-order valence-electron chi connectivity index (χ2n) is 5.19. The molecule has 0 aromatic carbocycles. The van der Waals surface area contributed by atoms with Crippen molar-refractivity contribution < 1.29 is 38.7 Å². The predicted octanol–water partition coefficient (Wildman–Crippen LogP) is -0.680. The summed E-state index contributed by atoms with van der Waals surface area (Å²) in [5.74, 6) is -2.16. The van der Waals surface area contributed by atoms with Crippen LogP contribution in [0.4, 0.5) is 0 Å². The molecule has 2 aliphatic heterocycles. The summed E-state index contributed by atoms with van der Waals surface area (Å²) < 4.78 is 11.0. The molecule has 2 bridgehead atoms. The molecule has 2 aliphatic rings. The Hall–Kier alpha value is -2.57. The van der Waals surface area contributed by atoms with E-state index in [1.807, 2.05) is 0 Å². The van der Waals surface area contributed by atoms with Crippen LogP contribution in [0, 0.1) is 0 Å². The van der Waals surface area contributed by atoms with Crippen LogP contribution < -0.4 is 0 Å². The lowest BCUT2D eigenvalue weighted by atomic mass is 10.3. The molecule has 3 atom stereocenters. The first-order chi connectivity index (χ1) is 13.0. The standard InChI is InChI=1S/C16H20N3O8/c1-4-11(21)17-14(24-8-7-20)18(12(22)5-2)16-19(13(23)6-3)15(17)25-9-10-26-27-16/h4-6,14-16H,1-3,7-10H2. The van der Waals surface area contributed by atoms with Crippen molar-refractivity contribution in [3.63, 3.8) is 0 Å². The van der Waals surface area contributed by atoms with Crippen molar-refractivity contribution in [3.8, 4) is 0 Å². The van der Waals surface area contributed by atoms with E-state index in [2.05, 4.69) is 19.7 Å². The summed E-state index contributed by atoms with van der Waals surface area (Å²) in [4.78, 5) is 50.4. The molecule has 1 radical (unpaired) electrons. The van der Waals surface area contributed by atoms with Gasteiger partial charge < -0.3 is 9.47 Å². The largest absolute Gasteiger partial charge is 0.337 e. The normalized spacial score (nSPS) is 25.2. The fourth-order valence-corrected chi connectivity index (χ4v) is 2.56. The Balaban J connectivity index is 2.62. The second-order valence-corrected chi connectivity index (χ2v) is 5.19. The molecule has 0 aliphatic carbocycles. The van der Waals surface area contributed by atoms with Crippen molar-refractivity contribution in [3.05, 3.63) is 38.0 Å². The zero-order valence-corrected chi connectivity index (χ0v) is 14.5. The first-order valence-corrected chi connectivity index (χ1v) is 7.95. The third-order valence-corrected chi connectivity index (χ3v) is 3.65. The molecule has 0 spiro atoms. The van der Waals surface area contributed by atoms with Crippen LogP contribution >= 0.6 is 0 Å². The topological polar surface area (TPSA) is 118 Å². The van der Waals surface area contributed by atoms with Crippen LogP contribution in [0.1, 0.15) is 0 Å². The van der Waals surface area contributed by atoms with Crippen molar-refractivity contribution >= 4 is 17.7 Å². The smallest absolute Gasteiger partial charge is 0.253 e. The average Bonchev–Trinajstić information content (AvgIpc) is 2.68. The third kappa shape index (κ3) is 4.07. The van der Waals surface area contributed by atoms with Crippen molar-refractivity contribution in [2.24, 2.45) is 0 Å². The molecule has 0 aromatic rings. The Morgan fingerprint density at radius 2 is 1.48 bits per heavy atom. The molecule has 11 heteroatoms. The van der Waals surface area contributed by atoms with Crippen molar-refractivity contribution in [1.82, 2.24) is 14.7 Å². The van der Waals surface area contributed by atoms with Gasteiger partial charge in [-0.1, -0.05) is 19.7 Å². The average molecular weight is 382 g/mol. The van der Waals surface area contributed by atoms with Crippen LogP contribution in [-0.4, -0.2) is 77.9 Å². The number of rotatable bonds is 6. The number of ether oxygens (including phenoxy) is 2. The van der Waals surface area contributed by atoms with Gasteiger partial charge in [0.2, 0.25) is 12.7 Å². The van der Waals surface area contributed by atoms with E-state index in [0.29, 0.717) is 0 Å². The van der Waals surface area contributed by atoms with Gasteiger partial charge >= 0.3 is 0 Å². The van der Waals surface area contributed by atoms with Crippen LogP contribution in [0.2, 0.25) is 0 Å². The van der Waals surface area contributed by atoms with Gasteiger partial charge in [0, 0.05) is 0 Å². The van der Waals surface area contributed by atoms with Crippen molar-refractivity contribution in [2.75, 3.05) is 26.4 Å². The lowest BCUT2D eigenvalue weighted by Crippen LogP contribution is -2.75. The minimum atomic E-state index is -1.46. The Kier molecular flexibility index (Phi) is 7.21. The fourth-order valence-electron chi connectivity index (χ4n) is 2.56. The van der Waals surface area contributed by atoms with E-state index in [9.17, 15) is 19.5 Å². The molecule has 0 N–H and O–H groups in total. The molecule has 2 heterocycles. The molecule has 3 amide bonds. The van der Waals surface area contributed by atoms with Crippen LogP contribution in [0.25, 0.3) is 0 Å². The number of amides is 3. The Bertz CT molecular complexity index is 587. The number of hydrogen-bond acceptors (Lipinski definition) is 7. The third-order valence-electron chi connectivity index (χ3n) is 3.65. The predicted molar refractivity (Wildman–Crippen MR) is 87.0 cm³/mol. The molecule has 2 fully saturated rings. The van der Waals surface area contributed by atoms with E-state index >= 15 is 0 Å². The summed E-state index contributed by atoms with van der Waals surface area (Å²) in [5, 5.41) is 10.9. The van der Waals surface area contributed by atoms with Gasteiger partial charge in [-0.2, -0.15) is 4.89 Å². The van der Waals surface area contributed by atoms with Gasteiger partial charge in [0.1, 0.15) is 13.2 Å². The second kappa shape index (κ2) is 9.39. The minimum absolute atomic E-state index is 0.0263. The molecule has 2 rings (SSSR count). The fraction of sp³-hybridized carbons (Fsp3) is 0.438. The number of fused-ring (bicyclic) bond motifs is 2. The zero-order chi connectivity index (χ0) is 20.0. The van der Waals surface area contributed by atoms with E-state index in [1.54, 1.807) is 0 Å². The quantitative estimate of drug-likeness (QED) is 0.441. The highest BCUT2D eigenvalue weighted by molar-refractivity contribution is 5.92. The monoisotopic (exact) mass is 382 g/mol. The van der Waals surface area contributed by atoms with Gasteiger partial charge in [0.05, 0.1) is 13.2 Å². The van der Waals surface area contributed by atoms with Crippen LogP contribution in [0.15, 0.2) is 38.0 Å². The number of hydrogen-bond donors (Lipinski definition) is 0. The van der Waals surface area contributed by atoms with Gasteiger partial charge in [0.15, 0.2) is 0 Å². The van der Waals surface area contributed by atoms with Crippen LogP contribution in [0.3, 0.4) is 0 Å². The molecule has 147 valence electrons. The highest BCUT2D eigenvalue weighted by Gasteiger charge is 2.53. The molecule has 11 nitrogen and oxygen atoms in total. The highest BCUT2D eigenvalue weighted by atomic mass is 17.2. The number of carbonyl (C=O) groups is 3. The summed E-state index contributed by atoms with van der Waals surface area (Å²) in [6.45, 7) is 9.18. The molecular weight excluding hydrogens is 362 g/mol. The van der Waals surface area contributed by atoms with E-state index in [4.69, 9.17) is 19.2 Å². The Morgan fingerprint density at radius 1 is 0.926 bits per heavy atom. The van der Waals surface area contributed by atoms with Crippen molar-refractivity contribution in [1.29, 1.82) is 0 Å². The van der Waals surface area contributed by atoms with Crippen molar-refractivity contribution in [2.45, 2.75) is 19.1 Å². The summed E-state index contributed by atoms with van der Waals surface area (Å²) in [7, 11) is 0. The first kappa shape index (κ1) is 20.7. The van der Waals surface area contributed by atoms with Crippen LogP contribution in [-0.2, 0) is 38.7 Å². The van der Waals surface area contributed by atoms with E-state index in [-0.39, 0.29) is 19.8 Å². The van der Waals surface area contributed by atoms with E-state index < -0.39 is 43.4 Å². The van der Waals surface area contributed by atoms with Gasteiger partial charge in [0.25, 0.3) is 24.1 Å². The summed E-state index contributed by atoms with van der Waals surface area (Å²) in [6.07, 6.45) is -1.36. The first-order valence-electron chi connectivity index (χ1n) is 7.95. The molecule has 3 unspecified atom stereocenters. The maximum atomic E-state index is 12.5. The zero-order valence-electron chi connectivity index (χ0n) is 14.5. The van der Waals surface area contributed by atoms with Gasteiger partial charge in [-0.25, -0.2) is 24.7 Å². The Labute approximate surface area is 155 Å². The van der Waals surface area contributed by atoms with Gasteiger partial charge in [-0.3, -0.25) is 14.4 Å².